The van der Waals surface area contributed by atoms with Crippen molar-refractivity contribution >= 4 is 0 Å². The van der Waals surface area contributed by atoms with Gasteiger partial charge in [-0.05, 0) is 23.6 Å². The number of hydrogen-bond donors (Lipinski definition) is 0. The molecule has 1 fully saturated rings. The molecule has 1 aliphatic heterocycles. The highest BCUT2D eigenvalue weighted by Gasteiger charge is 2.21. The highest BCUT2D eigenvalue weighted by molar-refractivity contribution is 5.36. The van der Waals surface area contributed by atoms with E-state index in [0.29, 0.717) is 5.92 Å². The van der Waals surface area contributed by atoms with Gasteiger partial charge in [-0.25, -0.2) is 0 Å². The largest absolute Gasteiger partial charge is 0.299 e. The molecule has 0 N–H and O–H groups in total. The van der Waals surface area contributed by atoms with E-state index >= 15 is 0 Å². The van der Waals surface area contributed by atoms with Crippen LogP contribution in [0.4, 0.5) is 0 Å². The molecule has 0 saturated carbocycles. The molecule has 1 nitrogen and oxygen atoms in total. The zero-order valence-corrected chi connectivity index (χ0v) is 8.71. The van der Waals surface area contributed by atoms with Crippen molar-refractivity contribution in [3.8, 4) is 0 Å². The molecule has 1 rings (SSSR count). The Hall–Kier alpha value is -0.820. The first kappa shape index (κ1) is 10.3. The van der Waals surface area contributed by atoms with Crippen LogP contribution in [-0.4, -0.2) is 24.5 Å². The van der Waals surface area contributed by atoms with Gasteiger partial charge in [-0.3, -0.25) is 4.90 Å². The van der Waals surface area contributed by atoms with Gasteiger partial charge < -0.3 is 0 Å². The summed E-state index contributed by atoms with van der Waals surface area (Å²) < 4.78 is 0. The summed E-state index contributed by atoms with van der Waals surface area (Å²) in [7, 11) is 0. The van der Waals surface area contributed by atoms with E-state index < -0.39 is 0 Å². The Balaban J connectivity index is 2.77. The number of piperidine rings is 1. The number of hydrogen-bond acceptors (Lipinski definition) is 1. The lowest BCUT2D eigenvalue weighted by Gasteiger charge is -2.33. The molecular weight excluding hydrogens is 158 g/mol. The molecule has 72 valence electrons. The van der Waals surface area contributed by atoms with Crippen LogP contribution < -0.4 is 0 Å². The van der Waals surface area contributed by atoms with Crippen LogP contribution in [0.3, 0.4) is 0 Å². The van der Waals surface area contributed by atoms with Gasteiger partial charge >= 0.3 is 0 Å². The summed E-state index contributed by atoms with van der Waals surface area (Å²) in [5.74, 6) is 0.583. The van der Waals surface area contributed by atoms with E-state index in [1.54, 1.807) is 0 Å². The molecule has 1 unspecified atom stereocenters. The van der Waals surface area contributed by atoms with Gasteiger partial charge in [0, 0.05) is 13.1 Å². The van der Waals surface area contributed by atoms with Gasteiger partial charge in [-0.1, -0.05) is 39.2 Å². The summed E-state index contributed by atoms with van der Waals surface area (Å²) in [4.78, 5) is 2.44. The minimum absolute atomic E-state index is 0.583. The van der Waals surface area contributed by atoms with Gasteiger partial charge in [-0.15, -0.1) is 0 Å². The van der Waals surface area contributed by atoms with Crippen molar-refractivity contribution in [3.05, 3.63) is 36.5 Å². The second-order valence-electron chi connectivity index (χ2n) is 3.68. The summed E-state index contributed by atoms with van der Waals surface area (Å²) in [6, 6.07) is 0. The monoisotopic (exact) mass is 177 g/mol. The quantitative estimate of drug-likeness (QED) is 0.626. The first-order valence-corrected chi connectivity index (χ1v) is 4.92. The third kappa shape index (κ3) is 2.31. The topological polar surface area (TPSA) is 3.24 Å². The second kappa shape index (κ2) is 4.43. The number of likely N-dealkylation sites (tertiary alicyclic amines) is 1. The predicted molar refractivity (Wildman–Crippen MR) is 58.7 cm³/mol. The maximum atomic E-state index is 4.12. The number of nitrogens with zero attached hydrogens (tertiary/aromatic N) is 1. The van der Waals surface area contributed by atoms with E-state index in [9.17, 15) is 0 Å². The molecule has 0 bridgehead atoms. The minimum Gasteiger partial charge on any atom is -0.299 e. The average Bonchev–Trinajstić information content (AvgIpc) is 2.13. The third-order valence-electron chi connectivity index (χ3n) is 2.70. The molecule has 1 atom stereocenters. The summed E-state index contributed by atoms with van der Waals surface area (Å²) in [5, 5.41) is 0. The van der Waals surface area contributed by atoms with E-state index in [2.05, 4.69) is 38.0 Å². The van der Waals surface area contributed by atoms with Crippen molar-refractivity contribution in [2.45, 2.75) is 13.8 Å². The summed E-state index contributed by atoms with van der Waals surface area (Å²) in [6.07, 6.45) is 3.94. The molecule has 0 spiro atoms. The van der Waals surface area contributed by atoms with Crippen LogP contribution in [0.1, 0.15) is 13.8 Å². The molecular formula is C12H19N. The standard InChI is InChI=1S/C12H19N/c1-5-7-12-9-13(6-2)8-10(3)11(12)4/h5,7,10H,1,4,6,8-9H2,2-3H3/b12-7-. The summed E-state index contributed by atoms with van der Waals surface area (Å²) in [5.41, 5.74) is 2.63. The maximum absolute atomic E-state index is 4.12. The number of rotatable bonds is 2. The van der Waals surface area contributed by atoms with E-state index in [1.165, 1.54) is 11.1 Å². The second-order valence-corrected chi connectivity index (χ2v) is 3.68. The van der Waals surface area contributed by atoms with E-state index in [4.69, 9.17) is 0 Å². The van der Waals surface area contributed by atoms with Gasteiger partial charge in [0.15, 0.2) is 0 Å². The van der Waals surface area contributed by atoms with Crippen molar-refractivity contribution in [2.24, 2.45) is 5.92 Å². The first-order valence-electron chi connectivity index (χ1n) is 4.92. The lowest BCUT2D eigenvalue weighted by atomic mass is 9.90. The van der Waals surface area contributed by atoms with Crippen LogP contribution >= 0.6 is 0 Å². The Bertz CT molecular complexity index is 238. The average molecular weight is 177 g/mol. The summed E-state index contributed by atoms with van der Waals surface area (Å²) >= 11 is 0. The van der Waals surface area contributed by atoms with Crippen LogP contribution in [0.5, 0.6) is 0 Å². The van der Waals surface area contributed by atoms with E-state index in [1.807, 2.05) is 6.08 Å². The van der Waals surface area contributed by atoms with Gasteiger partial charge in [0.25, 0.3) is 0 Å². The number of likely N-dealkylation sites (N-methyl/N-ethyl adjacent to an activating group) is 1. The zero-order valence-electron chi connectivity index (χ0n) is 8.71. The first-order chi connectivity index (χ1) is 6.19. The Kier molecular flexibility index (Phi) is 3.49. The van der Waals surface area contributed by atoms with E-state index in [-0.39, 0.29) is 0 Å². The fourth-order valence-electron chi connectivity index (χ4n) is 1.76. The lowest BCUT2D eigenvalue weighted by molar-refractivity contribution is 0.263. The van der Waals surface area contributed by atoms with Crippen LogP contribution in [-0.2, 0) is 0 Å². The van der Waals surface area contributed by atoms with Crippen molar-refractivity contribution in [1.82, 2.24) is 4.90 Å². The molecule has 0 aromatic rings. The van der Waals surface area contributed by atoms with Gasteiger partial charge in [-0.2, -0.15) is 0 Å². The molecule has 0 aromatic heterocycles. The minimum atomic E-state index is 0.583. The number of allylic oxidation sites excluding steroid dienone is 2. The predicted octanol–water partition coefficient (Wildman–Crippen LogP) is 2.63. The summed E-state index contributed by atoms with van der Waals surface area (Å²) in [6.45, 7) is 15.6. The fourth-order valence-corrected chi connectivity index (χ4v) is 1.76. The maximum Gasteiger partial charge on any atom is 0.0236 e. The van der Waals surface area contributed by atoms with Gasteiger partial charge in [0.05, 0.1) is 0 Å². The van der Waals surface area contributed by atoms with Crippen LogP contribution in [0.25, 0.3) is 0 Å². The molecule has 0 aromatic carbocycles. The van der Waals surface area contributed by atoms with Crippen molar-refractivity contribution < 1.29 is 0 Å². The Labute approximate surface area is 81.4 Å². The molecule has 1 heteroatoms. The lowest BCUT2D eigenvalue weighted by Crippen LogP contribution is -2.36. The van der Waals surface area contributed by atoms with Crippen LogP contribution in [0.2, 0.25) is 0 Å². The highest BCUT2D eigenvalue weighted by atomic mass is 15.1. The van der Waals surface area contributed by atoms with Crippen LogP contribution in [0.15, 0.2) is 36.5 Å². The fraction of sp³-hybridized carbons (Fsp3) is 0.500. The molecule has 1 saturated heterocycles. The van der Waals surface area contributed by atoms with Gasteiger partial charge in [0.2, 0.25) is 0 Å². The SMILES string of the molecule is C=C/C=C1/CN(CC)CC(C)C1=C. The molecule has 0 amide bonds. The Morgan fingerprint density at radius 3 is 2.85 bits per heavy atom. The molecule has 0 aliphatic carbocycles. The molecule has 1 heterocycles. The van der Waals surface area contributed by atoms with Crippen molar-refractivity contribution in [2.75, 3.05) is 19.6 Å². The smallest absolute Gasteiger partial charge is 0.0236 e. The Morgan fingerprint density at radius 2 is 2.31 bits per heavy atom. The third-order valence-corrected chi connectivity index (χ3v) is 2.70. The van der Waals surface area contributed by atoms with Gasteiger partial charge in [0.1, 0.15) is 0 Å². The molecule has 13 heavy (non-hydrogen) atoms. The highest BCUT2D eigenvalue weighted by Crippen LogP contribution is 2.25. The normalized spacial score (nSPS) is 28.0. The zero-order chi connectivity index (χ0) is 9.84. The molecule has 1 aliphatic rings. The van der Waals surface area contributed by atoms with Crippen molar-refractivity contribution in [3.63, 3.8) is 0 Å². The van der Waals surface area contributed by atoms with Crippen molar-refractivity contribution in [1.29, 1.82) is 0 Å². The van der Waals surface area contributed by atoms with Crippen LogP contribution in [0, 0.1) is 5.92 Å². The Morgan fingerprint density at radius 1 is 1.62 bits per heavy atom. The van der Waals surface area contributed by atoms with E-state index in [0.717, 1.165) is 19.6 Å². The molecule has 0 radical (unpaired) electrons.